The van der Waals surface area contributed by atoms with E-state index in [2.05, 4.69) is 62.1 Å². The summed E-state index contributed by atoms with van der Waals surface area (Å²) in [4.78, 5) is 0. The topological polar surface area (TPSA) is 0 Å². The first kappa shape index (κ1) is 13.2. The minimum atomic E-state index is -0.833. The van der Waals surface area contributed by atoms with E-state index in [0.29, 0.717) is 0 Å². The maximum atomic E-state index is 2.44. The minimum Gasteiger partial charge on any atom is -0.0888 e. The van der Waals surface area contributed by atoms with Crippen LogP contribution >= 0.6 is 0 Å². The van der Waals surface area contributed by atoms with Crippen molar-refractivity contribution in [1.29, 1.82) is 0 Å². The molecule has 0 radical (unpaired) electrons. The fourth-order valence-corrected chi connectivity index (χ4v) is 2.68. The summed E-state index contributed by atoms with van der Waals surface area (Å²) in [5, 5.41) is 0. The maximum absolute atomic E-state index is 2.44. The predicted molar refractivity (Wildman–Crippen MR) is 76.7 cm³/mol. The summed E-state index contributed by atoms with van der Waals surface area (Å²) >= 11 is 0. The fraction of sp³-hybridized carbons (Fsp3) is 0.467. The SMILES string of the molecule is C[Si](C)(C)CC/C=C/CCc1ccccc1. The Morgan fingerprint density at radius 3 is 2.19 bits per heavy atom. The van der Waals surface area contributed by atoms with E-state index in [1.807, 2.05) is 0 Å². The third-order valence-electron chi connectivity index (χ3n) is 2.67. The first-order valence-electron chi connectivity index (χ1n) is 6.27. The van der Waals surface area contributed by atoms with Crippen molar-refractivity contribution in [3.05, 3.63) is 48.0 Å². The average Bonchev–Trinajstić information content (AvgIpc) is 2.23. The normalized spacial score (nSPS) is 12.2. The van der Waals surface area contributed by atoms with Crippen LogP contribution in [0.1, 0.15) is 18.4 Å². The smallest absolute Gasteiger partial charge is 0.0445 e. The second-order valence-electron chi connectivity index (χ2n) is 5.60. The van der Waals surface area contributed by atoms with Crippen molar-refractivity contribution in [1.82, 2.24) is 0 Å². The molecule has 0 saturated carbocycles. The summed E-state index contributed by atoms with van der Waals surface area (Å²) < 4.78 is 0. The van der Waals surface area contributed by atoms with Crippen LogP contribution in [0.3, 0.4) is 0 Å². The van der Waals surface area contributed by atoms with Crippen molar-refractivity contribution < 1.29 is 0 Å². The maximum Gasteiger partial charge on any atom is 0.0445 e. The average molecular weight is 232 g/mol. The van der Waals surface area contributed by atoms with Crippen LogP contribution in [0, 0.1) is 0 Å². The molecule has 88 valence electrons. The zero-order chi connectivity index (χ0) is 11.9. The van der Waals surface area contributed by atoms with E-state index in [1.54, 1.807) is 0 Å². The lowest BCUT2D eigenvalue weighted by Crippen LogP contribution is -2.18. The Morgan fingerprint density at radius 1 is 0.938 bits per heavy atom. The summed E-state index contributed by atoms with van der Waals surface area (Å²) in [5.74, 6) is 0. The van der Waals surface area contributed by atoms with Crippen molar-refractivity contribution in [2.75, 3.05) is 0 Å². The van der Waals surface area contributed by atoms with Crippen molar-refractivity contribution in [2.24, 2.45) is 0 Å². The van der Waals surface area contributed by atoms with Crippen molar-refractivity contribution in [3.63, 3.8) is 0 Å². The number of aryl methyl sites for hydroxylation is 1. The van der Waals surface area contributed by atoms with Crippen molar-refractivity contribution >= 4 is 8.07 Å². The van der Waals surface area contributed by atoms with Gasteiger partial charge in [-0.15, -0.1) is 0 Å². The highest BCUT2D eigenvalue weighted by Crippen LogP contribution is 2.11. The van der Waals surface area contributed by atoms with Gasteiger partial charge in [0.2, 0.25) is 0 Å². The number of hydrogen-bond acceptors (Lipinski definition) is 0. The Morgan fingerprint density at radius 2 is 1.56 bits per heavy atom. The van der Waals surface area contributed by atoms with Gasteiger partial charge in [-0.1, -0.05) is 68.2 Å². The molecule has 0 aliphatic rings. The Labute approximate surface area is 101 Å². The number of benzene rings is 1. The van der Waals surface area contributed by atoms with Gasteiger partial charge in [-0.2, -0.15) is 0 Å². The number of allylic oxidation sites excluding steroid dienone is 2. The quantitative estimate of drug-likeness (QED) is 0.483. The summed E-state index contributed by atoms with van der Waals surface area (Å²) in [6.07, 6.45) is 8.32. The lowest BCUT2D eigenvalue weighted by molar-refractivity contribution is 0.990. The Kier molecular flexibility index (Phi) is 5.54. The standard InChI is InChI=1S/C15H24Si/c1-16(2,3)14-10-5-4-7-11-15-12-8-6-9-13-15/h4-6,8-9,12-13H,7,10-11,14H2,1-3H3/b5-4+. The van der Waals surface area contributed by atoms with Crippen LogP contribution in [0.4, 0.5) is 0 Å². The van der Waals surface area contributed by atoms with Crippen LogP contribution in [0.2, 0.25) is 25.7 Å². The van der Waals surface area contributed by atoms with E-state index >= 15 is 0 Å². The largest absolute Gasteiger partial charge is 0.0888 e. The Bertz CT molecular complexity index is 306. The van der Waals surface area contributed by atoms with E-state index < -0.39 is 8.07 Å². The molecule has 0 saturated heterocycles. The van der Waals surface area contributed by atoms with Gasteiger partial charge < -0.3 is 0 Å². The highest BCUT2D eigenvalue weighted by Gasteiger charge is 2.10. The molecule has 0 spiro atoms. The molecule has 0 amide bonds. The molecule has 0 heterocycles. The molecule has 0 aliphatic heterocycles. The van der Waals surface area contributed by atoms with Gasteiger partial charge >= 0.3 is 0 Å². The second kappa shape index (κ2) is 6.69. The molecule has 0 aromatic heterocycles. The van der Waals surface area contributed by atoms with Gasteiger partial charge in [0.25, 0.3) is 0 Å². The van der Waals surface area contributed by atoms with Crippen LogP contribution in [-0.2, 0) is 6.42 Å². The predicted octanol–water partition coefficient (Wildman–Crippen LogP) is 4.90. The van der Waals surface area contributed by atoms with Gasteiger partial charge in [0.1, 0.15) is 0 Å². The Hall–Kier alpha value is -0.823. The minimum absolute atomic E-state index is 0.833. The highest BCUT2D eigenvalue weighted by atomic mass is 28.3. The number of hydrogen-bond donors (Lipinski definition) is 0. The molecule has 0 aliphatic carbocycles. The molecule has 1 heteroatoms. The first-order chi connectivity index (χ1) is 7.58. The second-order valence-corrected chi connectivity index (χ2v) is 11.2. The van der Waals surface area contributed by atoms with E-state index in [1.165, 1.54) is 30.9 Å². The third-order valence-corrected chi connectivity index (χ3v) is 4.46. The highest BCUT2D eigenvalue weighted by molar-refractivity contribution is 6.76. The van der Waals surface area contributed by atoms with Gasteiger partial charge in [-0.05, 0) is 24.8 Å². The van der Waals surface area contributed by atoms with Gasteiger partial charge in [0.05, 0.1) is 0 Å². The van der Waals surface area contributed by atoms with E-state index in [0.717, 1.165) is 0 Å². The zero-order valence-corrected chi connectivity index (χ0v) is 11.9. The van der Waals surface area contributed by atoms with Crippen LogP contribution < -0.4 is 0 Å². The van der Waals surface area contributed by atoms with E-state index in [-0.39, 0.29) is 0 Å². The monoisotopic (exact) mass is 232 g/mol. The van der Waals surface area contributed by atoms with E-state index in [9.17, 15) is 0 Å². The van der Waals surface area contributed by atoms with Crippen LogP contribution in [0.15, 0.2) is 42.5 Å². The van der Waals surface area contributed by atoms with Crippen LogP contribution in [-0.4, -0.2) is 8.07 Å². The summed E-state index contributed by atoms with van der Waals surface area (Å²) in [6.45, 7) is 7.31. The third kappa shape index (κ3) is 6.62. The molecule has 1 aromatic rings. The molecular weight excluding hydrogens is 208 g/mol. The van der Waals surface area contributed by atoms with Gasteiger partial charge in [-0.3, -0.25) is 0 Å². The Balaban J connectivity index is 2.14. The molecule has 0 atom stereocenters. The summed E-state index contributed by atoms with van der Waals surface area (Å²) in [5.41, 5.74) is 1.44. The molecule has 0 N–H and O–H groups in total. The fourth-order valence-electron chi connectivity index (χ4n) is 1.65. The lowest BCUT2D eigenvalue weighted by atomic mass is 10.1. The van der Waals surface area contributed by atoms with Gasteiger partial charge in [0, 0.05) is 8.07 Å². The summed E-state index contributed by atoms with van der Waals surface area (Å²) in [6, 6.07) is 12.1. The molecule has 1 aromatic carbocycles. The molecule has 0 bridgehead atoms. The van der Waals surface area contributed by atoms with Crippen molar-refractivity contribution in [2.45, 2.75) is 44.9 Å². The molecule has 0 unspecified atom stereocenters. The molecule has 0 nitrogen and oxygen atoms in total. The van der Waals surface area contributed by atoms with Gasteiger partial charge in [0.15, 0.2) is 0 Å². The number of rotatable bonds is 6. The van der Waals surface area contributed by atoms with E-state index in [4.69, 9.17) is 0 Å². The van der Waals surface area contributed by atoms with Gasteiger partial charge in [-0.25, -0.2) is 0 Å². The molecule has 0 fully saturated rings. The van der Waals surface area contributed by atoms with Crippen molar-refractivity contribution in [3.8, 4) is 0 Å². The zero-order valence-electron chi connectivity index (χ0n) is 10.9. The molecule has 16 heavy (non-hydrogen) atoms. The van der Waals surface area contributed by atoms with Crippen LogP contribution in [0.25, 0.3) is 0 Å². The molecular formula is C15H24Si. The molecule has 1 rings (SSSR count). The lowest BCUT2D eigenvalue weighted by Gasteiger charge is -2.13. The van der Waals surface area contributed by atoms with Crippen LogP contribution in [0.5, 0.6) is 0 Å². The first-order valence-corrected chi connectivity index (χ1v) is 9.97. The summed E-state index contributed by atoms with van der Waals surface area (Å²) in [7, 11) is -0.833.